The summed E-state index contributed by atoms with van der Waals surface area (Å²) in [7, 11) is 1.34. The van der Waals surface area contributed by atoms with Crippen LogP contribution in [0.3, 0.4) is 0 Å². The van der Waals surface area contributed by atoms with Crippen molar-refractivity contribution in [3.63, 3.8) is 0 Å². The van der Waals surface area contributed by atoms with Gasteiger partial charge in [-0.25, -0.2) is 8.78 Å². The Morgan fingerprint density at radius 1 is 1.25 bits per heavy atom. The minimum absolute atomic E-state index is 0.0940. The second-order valence-electron chi connectivity index (χ2n) is 6.03. The molecule has 0 aromatic heterocycles. The molecule has 3 rings (SSSR count). The highest BCUT2D eigenvalue weighted by Gasteiger charge is 2.40. The monoisotopic (exact) mass is 280 g/mol. The van der Waals surface area contributed by atoms with E-state index in [9.17, 15) is 13.6 Å². The molecule has 1 aromatic rings. The SMILES string of the molecule is COc1cc(F)c(C(=O)CC2CC3CCC2C3)c(F)c1. The Balaban J connectivity index is 1.77. The molecule has 0 amide bonds. The van der Waals surface area contributed by atoms with Gasteiger partial charge in [0.25, 0.3) is 0 Å². The first-order valence-corrected chi connectivity index (χ1v) is 7.14. The maximum Gasteiger partial charge on any atom is 0.169 e. The van der Waals surface area contributed by atoms with E-state index >= 15 is 0 Å². The highest BCUT2D eigenvalue weighted by molar-refractivity contribution is 5.97. The van der Waals surface area contributed by atoms with Crippen molar-refractivity contribution in [2.45, 2.75) is 32.1 Å². The zero-order valence-electron chi connectivity index (χ0n) is 11.5. The Morgan fingerprint density at radius 2 is 1.95 bits per heavy atom. The number of hydrogen-bond acceptors (Lipinski definition) is 2. The van der Waals surface area contributed by atoms with Crippen LogP contribution in [0.1, 0.15) is 42.5 Å². The molecule has 2 bridgehead atoms. The molecule has 108 valence electrons. The largest absolute Gasteiger partial charge is 0.497 e. The van der Waals surface area contributed by atoms with Crippen molar-refractivity contribution in [2.24, 2.45) is 17.8 Å². The molecule has 0 radical (unpaired) electrons. The Bertz CT molecular complexity index is 518. The van der Waals surface area contributed by atoms with E-state index in [-0.39, 0.29) is 12.2 Å². The molecule has 2 aliphatic rings. The molecule has 2 nitrogen and oxygen atoms in total. The van der Waals surface area contributed by atoms with Crippen LogP contribution in [0.25, 0.3) is 0 Å². The van der Waals surface area contributed by atoms with Gasteiger partial charge in [0.15, 0.2) is 5.78 Å². The van der Waals surface area contributed by atoms with Gasteiger partial charge in [-0.3, -0.25) is 4.79 Å². The molecule has 2 saturated carbocycles. The number of ketones is 1. The number of Topliss-reactive ketones (excluding diaryl/α,β-unsaturated/α-hetero) is 1. The fourth-order valence-electron chi connectivity index (χ4n) is 3.90. The van der Waals surface area contributed by atoms with Crippen molar-refractivity contribution in [2.75, 3.05) is 7.11 Å². The first-order valence-electron chi connectivity index (χ1n) is 7.14. The van der Waals surface area contributed by atoms with Gasteiger partial charge in [0.1, 0.15) is 17.4 Å². The predicted molar refractivity (Wildman–Crippen MR) is 70.8 cm³/mol. The van der Waals surface area contributed by atoms with E-state index in [0.29, 0.717) is 11.8 Å². The molecule has 0 N–H and O–H groups in total. The van der Waals surface area contributed by atoms with E-state index in [1.165, 1.54) is 20.0 Å². The first-order chi connectivity index (χ1) is 9.58. The van der Waals surface area contributed by atoms with E-state index < -0.39 is 23.0 Å². The lowest BCUT2D eigenvalue weighted by atomic mass is 9.84. The molecule has 3 atom stereocenters. The van der Waals surface area contributed by atoms with Crippen molar-refractivity contribution in [3.8, 4) is 5.75 Å². The van der Waals surface area contributed by atoms with Crippen molar-refractivity contribution in [1.82, 2.24) is 0 Å². The maximum absolute atomic E-state index is 13.9. The number of carbonyl (C=O) groups is 1. The van der Waals surface area contributed by atoms with Crippen molar-refractivity contribution in [3.05, 3.63) is 29.3 Å². The van der Waals surface area contributed by atoms with E-state index in [0.717, 1.165) is 30.9 Å². The van der Waals surface area contributed by atoms with Gasteiger partial charge in [-0.1, -0.05) is 6.42 Å². The molecule has 2 aliphatic carbocycles. The summed E-state index contributed by atoms with van der Waals surface area (Å²) in [6.45, 7) is 0. The zero-order valence-corrected chi connectivity index (χ0v) is 11.5. The van der Waals surface area contributed by atoms with Crippen LogP contribution in [-0.4, -0.2) is 12.9 Å². The Hall–Kier alpha value is -1.45. The number of methoxy groups -OCH3 is 1. The average molecular weight is 280 g/mol. The third kappa shape index (κ3) is 2.32. The van der Waals surface area contributed by atoms with Gasteiger partial charge >= 0.3 is 0 Å². The summed E-state index contributed by atoms with van der Waals surface area (Å²) >= 11 is 0. The highest BCUT2D eigenvalue weighted by Crippen LogP contribution is 2.49. The molecule has 4 heteroatoms. The number of fused-ring (bicyclic) bond motifs is 2. The summed E-state index contributed by atoms with van der Waals surface area (Å²) in [5.41, 5.74) is -0.409. The molecular formula is C16H18F2O2. The lowest BCUT2D eigenvalue weighted by Crippen LogP contribution is -2.17. The summed E-state index contributed by atoms with van der Waals surface area (Å²) < 4.78 is 32.5. The van der Waals surface area contributed by atoms with Gasteiger partial charge in [-0.15, -0.1) is 0 Å². The predicted octanol–water partition coefficient (Wildman–Crippen LogP) is 3.98. The Morgan fingerprint density at radius 3 is 2.45 bits per heavy atom. The maximum atomic E-state index is 13.9. The fraction of sp³-hybridized carbons (Fsp3) is 0.562. The van der Waals surface area contributed by atoms with Crippen LogP contribution in [0.2, 0.25) is 0 Å². The number of benzene rings is 1. The third-order valence-corrected chi connectivity index (χ3v) is 4.86. The van der Waals surface area contributed by atoms with Crippen LogP contribution in [0, 0.1) is 29.4 Å². The van der Waals surface area contributed by atoms with Gasteiger partial charge in [0, 0.05) is 18.6 Å². The van der Waals surface area contributed by atoms with Crippen LogP contribution >= 0.6 is 0 Å². The van der Waals surface area contributed by atoms with E-state index in [1.54, 1.807) is 0 Å². The van der Waals surface area contributed by atoms with Crippen molar-refractivity contribution in [1.29, 1.82) is 0 Å². The van der Waals surface area contributed by atoms with Crippen LogP contribution in [0.4, 0.5) is 8.78 Å². The normalized spacial score (nSPS) is 27.9. The fourth-order valence-corrected chi connectivity index (χ4v) is 3.90. The molecule has 20 heavy (non-hydrogen) atoms. The highest BCUT2D eigenvalue weighted by atomic mass is 19.1. The standard InChI is InChI=1S/C16H18F2O2/c1-20-12-7-13(17)16(14(18)8-12)15(19)6-11-5-9-2-3-10(11)4-9/h7-11H,2-6H2,1H3. The van der Waals surface area contributed by atoms with Crippen LogP contribution in [-0.2, 0) is 0 Å². The van der Waals surface area contributed by atoms with Gasteiger partial charge in [0.05, 0.1) is 12.7 Å². The summed E-state index contributed by atoms with van der Waals surface area (Å²) in [4.78, 5) is 12.2. The second-order valence-corrected chi connectivity index (χ2v) is 6.03. The molecule has 0 heterocycles. The minimum Gasteiger partial charge on any atom is -0.497 e. The smallest absolute Gasteiger partial charge is 0.169 e. The number of rotatable bonds is 4. The van der Waals surface area contributed by atoms with Gasteiger partial charge < -0.3 is 4.74 Å². The summed E-state index contributed by atoms with van der Waals surface area (Å²) in [5, 5.41) is 0. The second kappa shape index (κ2) is 5.15. The number of hydrogen-bond donors (Lipinski definition) is 0. The lowest BCUT2D eigenvalue weighted by Gasteiger charge is -2.21. The quantitative estimate of drug-likeness (QED) is 0.780. The molecule has 1 aromatic carbocycles. The number of halogens is 2. The molecule has 2 fully saturated rings. The minimum atomic E-state index is -0.824. The third-order valence-electron chi connectivity index (χ3n) is 4.86. The Labute approximate surface area is 117 Å². The zero-order chi connectivity index (χ0) is 14.3. The van der Waals surface area contributed by atoms with E-state index in [1.807, 2.05) is 0 Å². The van der Waals surface area contributed by atoms with Gasteiger partial charge in [-0.05, 0) is 37.0 Å². The first kappa shape index (κ1) is 13.5. The average Bonchev–Trinajstić information content (AvgIpc) is 2.99. The molecule has 3 unspecified atom stereocenters. The van der Waals surface area contributed by atoms with E-state index in [4.69, 9.17) is 4.74 Å². The van der Waals surface area contributed by atoms with Crippen LogP contribution in [0.15, 0.2) is 12.1 Å². The summed E-state index contributed by atoms with van der Waals surface area (Å²) in [6.07, 6.45) is 4.90. The Kier molecular flexibility index (Phi) is 3.48. The van der Waals surface area contributed by atoms with Gasteiger partial charge in [0.2, 0.25) is 0 Å². The van der Waals surface area contributed by atoms with Crippen molar-refractivity contribution >= 4 is 5.78 Å². The lowest BCUT2D eigenvalue weighted by molar-refractivity contribution is 0.0936. The summed E-state index contributed by atoms with van der Waals surface area (Å²) in [6, 6.07) is 2.13. The van der Waals surface area contributed by atoms with Crippen LogP contribution < -0.4 is 4.74 Å². The molecule has 0 saturated heterocycles. The molecule has 0 spiro atoms. The molecular weight excluding hydrogens is 262 g/mol. The molecule has 0 aliphatic heterocycles. The van der Waals surface area contributed by atoms with E-state index in [2.05, 4.69) is 0 Å². The van der Waals surface area contributed by atoms with Crippen molar-refractivity contribution < 1.29 is 18.3 Å². The van der Waals surface area contributed by atoms with Gasteiger partial charge in [-0.2, -0.15) is 0 Å². The topological polar surface area (TPSA) is 26.3 Å². The number of carbonyl (C=O) groups excluding carboxylic acids is 1. The number of ether oxygens (including phenoxy) is 1. The summed E-state index contributed by atoms with van der Waals surface area (Å²) in [5.74, 6) is -0.361. The van der Waals surface area contributed by atoms with Crippen LogP contribution in [0.5, 0.6) is 5.75 Å².